The Balaban J connectivity index is 2.10. The van der Waals surface area contributed by atoms with Crippen molar-refractivity contribution < 1.29 is 4.79 Å². The van der Waals surface area contributed by atoms with Crippen molar-refractivity contribution in [3.8, 4) is 0 Å². The fourth-order valence-electron chi connectivity index (χ4n) is 1.72. The summed E-state index contributed by atoms with van der Waals surface area (Å²) in [5, 5.41) is 3.88. The molecule has 0 saturated carbocycles. The summed E-state index contributed by atoms with van der Waals surface area (Å²) in [6.07, 6.45) is 2.83. The number of nitrogens with zero attached hydrogens (tertiary/aromatic N) is 1. The predicted molar refractivity (Wildman–Crippen MR) is 88.8 cm³/mol. The van der Waals surface area contributed by atoms with Gasteiger partial charge in [0.1, 0.15) is 5.01 Å². The third kappa shape index (κ3) is 3.62. The first-order valence-electron chi connectivity index (χ1n) is 6.25. The lowest BCUT2D eigenvalue weighted by Gasteiger charge is -2.12. The zero-order chi connectivity index (χ0) is 14.7. The number of carbonyl (C=O) groups is 1. The molecule has 0 spiro atoms. The highest BCUT2D eigenvalue weighted by Crippen LogP contribution is 2.23. The van der Waals surface area contributed by atoms with E-state index in [0.717, 1.165) is 15.9 Å². The Hall–Kier alpha value is -0.850. The monoisotopic (exact) mass is 370 g/mol. The fraction of sp³-hybridized carbons (Fsp3) is 0.286. The molecule has 0 bridgehead atoms. The van der Waals surface area contributed by atoms with Crippen molar-refractivity contribution in [1.82, 2.24) is 10.3 Å². The SMILES string of the molecule is CCc1cnc(C(C)NC(=O)c2ccc(Br)cc2S)s1. The Bertz CT molecular complexity index is 627. The van der Waals surface area contributed by atoms with E-state index in [2.05, 4.69) is 45.8 Å². The lowest BCUT2D eigenvalue weighted by atomic mass is 10.2. The molecule has 0 aliphatic rings. The molecule has 0 fully saturated rings. The molecule has 3 nitrogen and oxygen atoms in total. The Morgan fingerprint density at radius 3 is 2.90 bits per heavy atom. The maximum atomic E-state index is 12.2. The van der Waals surface area contributed by atoms with Crippen LogP contribution in [-0.2, 0) is 6.42 Å². The van der Waals surface area contributed by atoms with Crippen molar-refractivity contribution in [2.24, 2.45) is 0 Å². The molecule has 1 amide bonds. The molecule has 1 unspecified atom stereocenters. The van der Waals surface area contributed by atoms with E-state index in [1.807, 2.05) is 19.2 Å². The highest BCUT2D eigenvalue weighted by molar-refractivity contribution is 9.10. The molecule has 0 aliphatic heterocycles. The van der Waals surface area contributed by atoms with E-state index in [1.165, 1.54) is 4.88 Å². The molecule has 1 heterocycles. The summed E-state index contributed by atoms with van der Waals surface area (Å²) >= 11 is 9.32. The molecule has 1 aromatic carbocycles. The summed E-state index contributed by atoms with van der Waals surface area (Å²) in [7, 11) is 0. The van der Waals surface area contributed by atoms with Crippen LogP contribution in [-0.4, -0.2) is 10.9 Å². The Labute approximate surface area is 136 Å². The summed E-state index contributed by atoms with van der Waals surface area (Å²) in [5.74, 6) is -0.136. The molecule has 6 heteroatoms. The Kier molecular flexibility index (Phi) is 5.23. The maximum Gasteiger partial charge on any atom is 0.252 e. The number of aromatic nitrogens is 1. The average molecular weight is 371 g/mol. The van der Waals surface area contributed by atoms with Gasteiger partial charge in [-0.3, -0.25) is 4.79 Å². The highest BCUT2D eigenvalue weighted by Gasteiger charge is 2.16. The lowest BCUT2D eigenvalue weighted by molar-refractivity contribution is 0.0937. The number of amides is 1. The topological polar surface area (TPSA) is 42.0 Å². The first kappa shape index (κ1) is 15.5. The van der Waals surface area contributed by atoms with E-state index >= 15 is 0 Å². The minimum atomic E-state index is -0.136. The van der Waals surface area contributed by atoms with Gasteiger partial charge in [-0.05, 0) is 31.5 Å². The number of thiol groups is 1. The van der Waals surface area contributed by atoms with Gasteiger partial charge in [0.15, 0.2) is 0 Å². The van der Waals surface area contributed by atoms with Crippen LogP contribution in [0.3, 0.4) is 0 Å². The second kappa shape index (κ2) is 6.74. The third-order valence-corrected chi connectivity index (χ3v) is 5.03. The second-order valence-corrected chi connectivity index (χ2v) is 6.92. The number of hydrogen-bond donors (Lipinski definition) is 2. The molecule has 0 saturated heterocycles. The standard InChI is InChI=1S/C14H15BrN2OS2/c1-3-10-7-16-14(20-10)8(2)17-13(18)11-5-4-9(15)6-12(11)19/h4-8,19H,3H2,1-2H3,(H,17,18). The van der Waals surface area contributed by atoms with E-state index in [1.54, 1.807) is 23.5 Å². The largest absolute Gasteiger partial charge is 0.343 e. The van der Waals surface area contributed by atoms with E-state index in [0.29, 0.717) is 10.5 Å². The summed E-state index contributed by atoms with van der Waals surface area (Å²) in [5.41, 5.74) is 0.565. The van der Waals surface area contributed by atoms with Gasteiger partial charge >= 0.3 is 0 Å². The van der Waals surface area contributed by atoms with Gasteiger partial charge in [0.2, 0.25) is 0 Å². The molecule has 106 valence electrons. The summed E-state index contributed by atoms with van der Waals surface area (Å²) in [6.45, 7) is 4.03. The van der Waals surface area contributed by atoms with Crippen molar-refractivity contribution in [2.45, 2.75) is 31.2 Å². The van der Waals surface area contributed by atoms with Crippen LogP contribution in [0.2, 0.25) is 0 Å². The number of benzene rings is 1. The van der Waals surface area contributed by atoms with Crippen LogP contribution >= 0.6 is 39.9 Å². The normalized spacial score (nSPS) is 12.2. The van der Waals surface area contributed by atoms with Gasteiger partial charge in [-0.15, -0.1) is 24.0 Å². The zero-order valence-corrected chi connectivity index (χ0v) is 14.5. The quantitative estimate of drug-likeness (QED) is 0.789. The predicted octanol–water partition coefficient (Wildman–Crippen LogP) is 4.25. The van der Waals surface area contributed by atoms with Gasteiger partial charge in [0, 0.05) is 20.4 Å². The van der Waals surface area contributed by atoms with E-state index < -0.39 is 0 Å². The molecule has 1 aromatic heterocycles. The molecule has 0 radical (unpaired) electrons. The number of nitrogens with one attached hydrogen (secondary N) is 1. The number of carbonyl (C=O) groups excluding carboxylic acids is 1. The molecule has 1 atom stereocenters. The van der Waals surface area contributed by atoms with Crippen LogP contribution in [0.4, 0.5) is 0 Å². The maximum absolute atomic E-state index is 12.2. The van der Waals surface area contributed by atoms with Crippen LogP contribution < -0.4 is 5.32 Å². The zero-order valence-electron chi connectivity index (χ0n) is 11.2. The van der Waals surface area contributed by atoms with Crippen LogP contribution in [0.15, 0.2) is 33.8 Å². The minimum Gasteiger partial charge on any atom is -0.343 e. The van der Waals surface area contributed by atoms with Crippen LogP contribution in [0.5, 0.6) is 0 Å². The number of aryl methyl sites for hydroxylation is 1. The van der Waals surface area contributed by atoms with Gasteiger partial charge in [-0.1, -0.05) is 22.9 Å². The van der Waals surface area contributed by atoms with Crippen molar-refractivity contribution in [3.05, 3.63) is 44.3 Å². The van der Waals surface area contributed by atoms with Crippen molar-refractivity contribution >= 4 is 45.8 Å². The molecule has 2 aromatic rings. The van der Waals surface area contributed by atoms with Gasteiger partial charge in [0.05, 0.1) is 11.6 Å². The van der Waals surface area contributed by atoms with Crippen molar-refractivity contribution in [1.29, 1.82) is 0 Å². The van der Waals surface area contributed by atoms with Crippen molar-refractivity contribution in [3.63, 3.8) is 0 Å². The summed E-state index contributed by atoms with van der Waals surface area (Å²) < 4.78 is 0.902. The Morgan fingerprint density at radius 1 is 1.55 bits per heavy atom. The van der Waals surface area contributed by atoms with Gasteiger partial charge in [0.25, 0.3) is 5.91 Å². The van der Waals surface area contributed by atoms with E-state index in [4.69, 9.17) is 0 Å². The number of thiazole rings is 1. The van der Waals surface area contributed by atoms with Crippen LogP contribution in [0.25, 0.3) is 0 Å². The average Bonchev–Trinajstić information content (AvgIpc) is 2.87. The molecular formula is C14H15BrN2OS2. The van der Waals surface area contributed by atoms with Gasteiger partial charge in [-0.2, -0.15) is 0 Å². The van der Waals surface area contributed by atoms with E-state index in [9.17, 15) is 4.79 Å². The van der Waals surface area contributed by atoms with Crippen molar-refractivity contribution in [2.75, 3.05) is 0 Å². The molecule has 20 heavy (non-hydrogen) atoms. The molecular weight excluding hydrogens is 356 g/mol. The minimum absolute atomic E-state index is 0.107. The number of hydrogen-bond acceptors (Lipinski definition) is 4. The Morgan fingerprint density at radius 2 is 2.30 bits per heavy atom. The van der Waals surface area contributed by atoms with Gasteiger partial charge < -0.3 is 5.32 Å². The summed E-state index contributed by atoms with van der Waals surface area (Å²) in [6, 6.07) is 5.29. The lowest BCUT2D eigenvalue weighted by Crippen LogP contribution is -2.26. The van der Waals surface area contributed by atoms with E-state index in [-0.39, 0.29) is 11.9 Å². The number of rotatable bonds is 4. The molecule has 0 aliphatic carbocycles. The highest BCUT2D eigenvalue weighted by atomic mass is 79.9. The summed E-state index contributed by atoms with van der Waals surface area (Å²) in [4.78, 5) is 18.5. The van der Waals surface area contributed by atoms with Crippen LogP contribution in [0.1, 0.15) is 40.1 Å². The fourth-order valence-corrected chi connectivity index (χ4v) is 3.43. The first-order chi connectivity index (χ1) is 9.51. The number of halogens is 1. The molecule has 2 rings (SSSR count). The third-order valence-electron chi connectivity index (χ3n) is 2.84. The van der Waals surface area contributed by atoms with Crippen LogP contribution in [0, 0.1) is 0 Å². The second-order valence-electron chi connectivity index (χ2n) is 4.37. The van der Waals surface area contributed by atoms with Gasteiger partial charge in [-0.25, -0.2) is 4.98 Å². The smallest absolute Gasteiger partial charge is 0.252 e. The molecule has 1 N–H and O–H groups in total. The first-order valence-corrected chi connectivity index (χ1v) is 8.31.